The van der Waals surface area contributed by atoms with Crippen molar-refractivity contribution in [1.82, 2.24) is 27.9 Å². The van der Waals surface area contributed by atoms with Gasteiger partial charge in [0.15, 0.2) is 0 Å². The van der Waals surface area contributed by atoms with Gasteiger partial charge in [0.2, 0.25) is 5.82 Å². The van der Waals surface area contributed by atoms with Crippen LogP contribution in [0.5, 0.6) is 11.8 Å². The number of carbonyl (C=O) groups excluding carboxylic acids is 1. The van der Waals surface area contributed by atoms with Crippen LogP contribution in [0.4, 0.5) is 4.39 Å². The fraction of sp³-hybridized carbons (Fsp3) is 0.160. The minimum absolute atomic E-state index is 0.109. The largest absolute Gasteiger partial charge is 0.302 e. The van der Waals surface area contributed by atoms with E-state index in [-0.39, 0.29) is 17.8 Å². The van der Waals surface area contributed by atoms with E-state index in [1.807, 2.05) is 24.3 Å². The van der Waals surface area contributed by atoms with E-state index in [1.165, 1.54) is 17.4 Å². The van der Waals surface area contributed by atoms with E-state index in [0.29, 0.717) is 73.4 Å². The number of benzene rings is 2. The summed E-state index contributed by atoms with van der Waals surface area (Å²) < 4.78 is 27.2. The smallest absolute Gasteiger partial charge is 0.260 e. The number of H-pyrrole nitrogens is 1. The van der Waals surface area contributed by atoms with Crippen LogP contribution in [-0.4, -0.2) is 67.7 Å². The Kier molecular flexibility index (Phi) is 8.07. The minimum Gasteiger partial charge on any atom is -0.302 e. The van der Waals surface area contributed by atoms with Gasteiger partial charge in [-0.15, -0.1) is 11.3 Å². The quantitative estimate of drug-likeness (QED) is 0.168. The van der Waals surface area contributed by atoms with Gasteiger partial charge < -0.3 is 10.3 Å². The van der Waals surface area contributed by atoms with Crippen LogP contribution in [0, 0.1) is 5.82 Å². The minimum atomic E-state index is -0.528. The zero-order valence-corrected chi connectivity index (χ0v) is 25.2. The van der Waals surface area contributed by atoms with Crippen molar-refractivity contribution in [3.05, 3.63) is 87.8 Å². The molecule has 10 nitrogen and oxygen atoms in total. The number of hydrogen-bond donors (Lipinski definition) is 2. The summed E-state index contributed by atoms with van der Waals surface area (Å²) in [5.74, 6) is -0.412. The number of amides is 1. The average Bonchev–Trinajstić information content (AvgIpc) is 3.54. The Bertz CT molecular complexity index is 1650. The van der Waals surface area contributed by atoms with Crippen LogP contribution in [0.25, 0.3) is 21.3 Å². The molecule has 0 saturated heterocycles. The Morgan fingerprint density at radius 1 is 1.13 bits per heavy atom. The molecule has 2 aromatic carbocycles. The SMILES string of the molecule is O=C(NCc1cccc(OCCCOc2nc[n]([Tl])n2)c1)c1nc2scc(-c3ccccc3F)c2c(=O)[nH]1. The number of carbonyl (C=O) groups is 1. The number of ether oxygens (including phenoxy) is 2. The Morgan fingerprint density at radius 2 is 1.97 bits per heavy atom. The number of rotatable bonds is 10. The van der Waals surface area contributed by atoms with Crippen molar-refractivity contribution in [3.63, 3.8) is 0 Å². The fourth-order valence-corrected chi connectivity index (χ4v) is 5.27. The number of nitrogens with one attached hydrogen (secondary N) is 2. The molecule has 3 heterocycles. The topological polar surface area (TPSA) is 124 Å². The van der Waals surface area contributed by atoms with Crippen LogP contribution in [-0.2, 0) is 6.54 Å². The van der Waals surface area contributed by atoms with E-state index < -0.39 is 17.3 Å². The summed E-state index contributed by atoms with van der Waals surface area (Å²) in [6, 6.07) is 13.9. The van der Waals surface area contributed by atoms with E-state index >= 15 is 0 Å². The van der Waals surface area contributed by atoms with Crippen molar-refractivity contribution in [2.24, 2.45) is 0 Å². The van der Waals surface area contributed by atoms with Gasteiger partial charge in [0.25, 0.3) is 11.5 Å². The second-order valence-electron chi connectivity index (χ2n) is 8.11. The van der Waals surface area contributed by atoms with Crippen LogP contribution in [0.1, 0.15) is 22.6 Å². The summed E-state index contributed by atoms with van der Waals surface area (Å²) in [5.41, 5.74) is 1.07. The van der Waals surface area contributed by atoms with Crippen molar-refractivity contribution in [2.45, 2.75) is 13.0 Å². The van der Waals surface area contributed by atoms with Crippen LogP contribution >= 0.6 is 11.3 Å². The number of hydrogen-bond acceptors (Lipinski definition) is 8. The molecule has 0 aliphatic rings. The van der Waals surface area contributed by atoms with E-state index in [4.69, 9.17) is 9.47 Å². The molecule has 0 fully saturated rings. The van der Waals surface area contributed by atoms with E-state index in [9.17, 15) is 14.0 Å². The molecule has 0 aliphatic heterocycles. The molecule has 2 N–H and O–H groups in total. The number of fused-ring (bicyclic) bond motifs is 1. The van der Waals surface area contributed by atoms with Gasteiger partial charge in [-0.3, -0.25) is 9.59 Å². The number of aromatic nitrogens is 5. The van der Waals surface area contributed by atoms with Crippen LogP contribution in [0.3, 0.4) is 0 Å². The van der Waals surface area contributed by atoms with Crippen LogP contribution in [0.2, 0.25) is 0 Å². The number of nitrogens with zero attached hydrogens (tertiary/aromatic N) is 4. The summed E-state index contributed by atoms with van der Waals surface area (Å²) >= 11 is 1.73. The Morgan fingerprint density at radius 3 is 2.79 bits per heavy atom. The Hall–Kier alpha value is -3.66. The molecule has 0 radical (unpaired) electrons. The summed E-state index contributed by atoms with van der Waals surface area (Å²) in [6.07, 6.45) is 2.29. The number of aromatic amines is 1. The first-order valence-electron chi connectivity index (χ1n) is 11.5. The molecule has 38 heavy (non-hydrogen) atoms. The zero-order valence-electron chi connectivity index (χ0n) is 19.9. The van der Waals surface area contributed by atoms with Crippen molar-refractivity contribution < 1.29 is 18.7 Å². The second kappa shape index (κ2) is 11.8. The summed E-state index contributed by atoms with van der Waals surface area (Å²) in [6.45, 7) is 1.09. The maximum absolute atomic E-state index is 14.3. The van der Waals surface area contributed by atoms with Gasteiger partial charge >= 0.3 is 122 Å². The molecule has 0 unspecified atom stereocenters. The Balaban J connectivity index is 1.18. The van der Waals surface area contributed by atoms with Gasteiger partial charge in [-0.05, 0) is 6.07 Å². The molecule has 0 saturated carbocycles. The van der Waals surface area contributed by atoms with Gasteiger partial charge in [0, 0.05) is 16.5 Å². The van der Waals surface area contributed by atoms with Gasteiger partial charge in [-0.25, -0.2) is 9.37 Å². The Labute approximate surface area is 236 Å². The third kappa shape index (κ3) is 6.07. The standard InChI is InChI=1S/C25H21FN6O4S.Tl/c26-19-8-2-1-7-17(19)18-13-37-24-20(18)22(33)30-21(31-24)23(34)27-12-15-5-3-6-16(11-15)35-9-4-10-36-25-28-14-29-32-25;/h1-3,5-8,11,13-14H,4,9-10,12H2,(H3,27,28,29,30,31,32,33,34);/q;+1/p-1. The fourth-order valence-electron chi connectivity index (χ4n) is 3.68. The normalized spacial score (nSPS) is 10.9. The third-order valence-electron chi connectivity index (χ3n) is 5.45. The molecule has 1 amide bonds. The molecule has 190 valence electrons. The molecular weight excluding hydrogens is 704 g/mol. The molecule has 5 rings (SSSR count). The monoisotopic (exact) mass is 724 g/mol. The molecule has 13 heteroatoms. The summed E-state index contributed by atoms with van der Waals surface area (Å²) in [4.78, 5) is 36.8. The zero-order chi connectivity index (χ0) is 26.5. The number of halogens is 1. The van der Waals surface area contributed by atoms with E-state index in [1.54, 1.807) is 32.4 Å². The predicted molar refractivity (Wildman–Crippen MR) is 140 cm³/mol. The van der Waals surface area contributed by atoms with Gasteiger partial charge in [-0.2, -0.15) is 0 Å². The molecule has 0 spiro atoms. The molecule has 0 atom stereocenters. The van der Waals surface area contributed by atoms with Gasteiger partial charge in [0.05, 0.1) is 5.39 Å². The van der Waals surface area contributed by atoms with Crippen molar-refractivity contribution >= 4 is 53.5 Å². The molecule has 0 bridgehead atoms. The molecule has 3 aromatic heterocycles. The van der Waals surface area contributed by atoms with Crippen molar-refractivity contribution in [2.75, 3.05) is 13.2 Å². The van der Waals surface area contributed by atoms with E-state index in [0.717, 1.165) is 5.56 Å². The second-order valence-corrected chi connectivity index (χ2v) is 11.0. The molecule has 5 aromatic rings. The van der Waals surface area contributed by atoms with Crippen molar-refractivity contribution in [3.8, 4) is 22.9 Å². The molecular formula is C25H20FN6O4STl. The van der Waals surface area contributed by atoms with Crippen LogP contribution in [0.15, 0.2) is 65.0 Å². The molecule has 0 aliphatic carbocycles. The number of thiophene rings is 1. The van der Waals surface area contributed by atoms with Gasteiger partial charge in [-0.1, -0.05) is 18.2 Å². The van der Waals surface area contributed by atoms with Gasteiger partial charge in [0.1, 0.15) is 10.6 Å². The van der Waals surface area contributed by atoms with E-state index in [2.05, 4.69) is 25.4 Å². The third-order valence-corrected chi connectivity index (χ3v) is 7.29. The first kappa shape index (κ1) is 26.0. The van der Waals surface area contributed by atoms with Crippen molar-refractivity contribution in [1.29, 1.82) is 0 Å². The first-order valence-corrected chi connectivity index (χ1v) is 14.4. The summed E-state index contributed by atoms with van der Waals surface area (Å²) in [7, 11) is 0. The average molecular weight is 724 g/mol. The van der Waals surface area contributed by atoms with Crippen LogP contribution < -0.4 is 20.3 Å². The summed E-state index contributed by atoms with van der Waals surface area (Å²) in [5, 5.41) is 8.80. The maximum Gasteiger partial charge on any atom is 0.260 e. The maximum atomic E-state index is 14.3. The predicted octanol–water partition coefficient (Wildman–Crippen LogP) is 3.09. The first-order chi connectivity index (χ1) is 18.5.